The lowest BCUT2D eigenvalue weighted by Gasteiger charge is -2.24. The largest absolute Gasteiger partial charge is 0.377 e. The average molecular weight is 221 g/mol. The predicted molar refractivity (Wildman–Crippen MR) is 55.6 cm³/mol. The lowest BCUT2D eigenvalue weighted by molar-refractivity contribution is 0.0301. The third-order valence-corrected chi connectivity index (χ3v) is 3.75. The maximum atomic E-state index is 11.4. The van der Waals surface area contributed by atoms with Gasteiger partial charge in [0.05, 0.1) is 12.4 Å². The molecule has 1 aliphatic rings. The SMILES string of the molecule is CC(C)C1CN(S(C)(=O)=O)CCCO1. The molecule has 0 aliphatic carbocycles. The zero-order valence-corrected chi connectivity index (χ0v) is 9.88. The molecule has 1 heterocycles. The first kappa shape index (κ1) is 11.9. The van der Waals surface area contributed by atoms with Crippen molar-refractivity contribution in [3.05, 3.63) is 0 Å². The first-order valence-corrected chi connectivity index (χ1v) is 6.83. The number of hydrogen-bond acceptors (Lipinski definition) is 3. The molecule has 0 aromatic rings. The number of sulfonamides is 1. The van der Waals surface area contributed by atoms with Crippen LogP contribution in [0.3, 0.4) is 0 Å². The van der Waals surface area contributed by atoms with Crippen LogP contribution < -0.4 is 0 Å². The minimum Gasteiger partial charge on any atom is -0.377 e. The number of nitrogens with zero attached hydrogens (tertiary/aromatic N) is 1. The van der Waals surface area contributed by atoms with Gasteiger partial charge >= 0.3 is 0 Å². The standard InChI is InChI=1S/C9H19NO3S/c1-8(2)9-7-10(14(3,11)12)5-4-6-13-9/h8-9H,4-7H2,1-3H3. The monoisotopic (exact) mass is 221 g/mol. The van der Waals surface area contributed by atoms with E-state index >= 15 is 0 Å². The molecule has 1 saturated heterocycles. The van der Waals surface area contributed by atoms with Crippen molar-refractivity contribution in [1.82, 2.24) is 4.31 Å². The maximum absolute atomic E-state index is 11.4. The van der Waals surface area contributed by atoms with Gasteiger partial charge in [-0.05, 0) is 12.3 Å². The molecular weight excluding hydrogens is 202 g/mol. The normalized spacial score (nSPS) is 26.4. The van der Waals surface area contributed by atoms with Crippen LogP contribution in [0.4, 0.5) is 0 Å². The van der Waals surface area contributed by atoms with E-state index in [0.29, 0.717) is 25.6 Å². The Morgan fingerprint density at radius 3 is 2.57 bits per heavy atom. The van der Waals surface area contributed by atoms with Crippen LogP contribution in [0.5, 0.6) is 0 Å². The molecule has 5 heteroatoms. The van der Waals surface area contributed by atoms with E-state index in [0.717, 1.165) is 6.42 Å². The molecule has 1 unspecified atom stereocenters. The zero-order valence-electron chi connectivity index (χ0n) is 9.06. The van der Waals surface area contributed by atoms with Gasteiger partial charge in [-0.25, -0.2) is 8.42 Å². The minimum atomic E-state index is -3.06. The predicted octanol–water partition coefficient (Wildman–Crippen LogP) is 0.693. The van der Waals surface area contributed by atoms with Crippen LogP contribution in [0.25, 0.3) is 0 Å². The van der Waals surface area contributed by atoms with E-state index < -0.39 is 10.0 Å². The molecule has 0 bridgehead atoms. The van der Waals surface area contributed by atoms with Gasteiger partial charge in [-0.1, -0.05) is 13.8 Å². The summed E-state index contributed by atoms with van der Waals surface area (Å²) in [6.45, 7) is 5.85. The van der Waals surface area contributed by atoms with Gasteiger partial charge < -0.3 is 4.74 Å². The summed E-state index contributed by atoms with van der Waals surface area (Å²) in [6.07, 6.45) is 2.08. The van der Waals surface area contributed by atoms with Crippen LogP contribution in [-0.4, -0.2) is 44.8 Å². The van der Waals surface area contributed by atoms with Crippen molar-refractivity contribution < 1.29 is 13.2 Å². The first-order valence-electron chi connectivity index (χ1n) is 4.98. The minimum absolute atomic E-state index is 0.0345. The van der Waals surface area contributed by atoms with Gasteiger partial charge in [0.25, 0.3) is 0 Å². The summed E-state index contributed by atoms with van der Waals surface area (Å²) < 4.78 is 29.9. The lowest BCUT2D eigenvalue weighted by atomic mass is 10.1. The fraction of sp³-hybridized carbons (Fsp3) is 1.00. The molecule has 0 saturated carbocycles. The highest BCUT2D eigenvalue weighted by atomic mass is 32.2. The van der Waals surface area contributed by atoms with Crippen LogP contribution in [0.1, 0.15) is 20.3 Å². The van der Waals surface area contributed by atoms with Crippen molar-refractivity contribution in [3.8, 4) is 0 Å². The summed E-state index contributed by atoms with van der Waals surface area (Å²) in [6, 6.07) is 0. The summed E-state index contributed by atoms with van der Waals surface area (Å²) in [5.74, 6) is 0.359. The van der Waals surface area contributed by atoms with Crippen molar-refractivity contribution in [2.45, 2.75) is 26.4 Å². The van der Waals surface area contributed by atoms with E-state index in [2.05, 4.69) is 13.8 Å². The van der Waals surface area contributed by atoms with Crippen molar-refractivity contribution in [1.29, 1.82) is 0 Å². The molecule has 1 atom stereocenters. The molecule has 0 spiro atoms. The van der Waals surface area contributed by atoms with Gasteiger partial charge in [0.1, 0.15) is 0 Å². The van der Waals surface area contributed by atoms with E-state index in [-0.39, 0.29) is 6.10 Å². The number of ether oxygens (including phenoxy) is 1. The summed E-state index contributed by atoms with van der Waals surface area (Å²) in [7, 11) is -3.06. The lowest BCUT2D eigenvalue weighted by Crippen LogP contribution is -2.38. The van der Waals surface area contributed by atoms with E-state index in [1.54, 1.807) is 0 Å². The highest BCUT2D eigenvalue weighted by Crippen LogP contribution is 2.15. The fourth-order valence-corrected chi connectivity index (χ4v) is 2.40. The third kappa shape index (κ3) is 3.22. The second-order valence-corrected chi connectivity index (χ2v) is 6.11. The van der Waals surface area contributed by atoms with E-state index in [4.69, 9.17) is 4.74 Å². The molecule has 0 amide bonds. The van der Waals surface area contributed by atoms with Crippen molar-refractivity contribution in [2.24, 2.45) is 5.92 Å². The molecule has 14 heavy (non-hydrogen) atoms. The van der Waals surface area contributed by atoms with Crippen molar-refractivity contribution in [3.63, 3.8) is 0 Å². The second-order valence-electron chi connectivity index (χ2n) is 4.13. The Kier molecular flexibility index (Phi) is 3.92. The molecule has 0 aromatic carbocycles. The topological polar surface area (TPSA) is 46.6 Å². The molecule has 84 valence electrons. The first-order chi connectivity index (χ1) is 6.41. The Labute approximate surface area is 86.3 Å². The Bertz CT molecular complexity index is 274. The molecule has 0 aromatic heterocycles. The summed E-state index contributed by atoms with van der Waals surface area (Å²) in [5, 5.41) is 0. The number of hydrogen-bond donors (Lipinski definition) is 0. The molecular formula is C9H19NO3S. The highest BCUT2D eigenvalue weighted by molar-refractivity contribution is 7.88. The van der Waals surface area contributed by atoms with Crippen LogP contribution in [0, 0.1) is 5.92 Å². The molecule has 0 radical (unpaired) electrons. The van der Waals surface area contributed by atoms with Crippen molar-refractivity contribution >= 4 is 10.0 Å². The summed E-state index contributed by atoms with van der Waals surface area (Å²) >= 11 is 0. The van der Waals surface area contributed by atoms with Gasteiger partial charge in [-0.15, -0.1) is 0 Å². The van der Waals surface area contributed by atoms with Crippen molar-refractivity contribution in [2.75, 3.05) is 26.0 Å². The Morgan fingerprint density at radius 1 is 1.43 bits per heavy atom. The third-order valence-electron chi connectivity index (χ3n) is 2.48. The van der Waals surface area contributed by atoms with E-state index in [1.807, 2.05) is 0 Å². The zero-order chi connectivity index (χ0) is 10.8. The summed E-state index contributed by atoms with van der Waals surface area (Å²) in [4.78, 5) is 0. The van der Waals surface area contributed by atoms with Crippen LogP contribution in [0.15, 0.2) is 0 Å². The fourth-order valence-electron chi connectivity index (χ4n) is 1.52. The summed E-state index contributed by atoms with van der Waals surface area (Å²) in [5.41, 5.74) is 0. The second kappa shape index (κ2) is 4.59. The Balaban J connectivity index is 2.70. The molecule has 1 rings (SSSR count). The maximum Gasteiger partial charge on any atom is 0.211 e. The van der Waals surface area contributed by atoms with Gasteiger partial charge in [0, 0.05) is 19.7 Å². The molecule has 1 fully saturated rings. The van der Waals surface area contributed by atoms with Gasteiger partial charge in [-0.3, -0.25) is 0 Å². The van der Waals surface area contributed by atoms with Crippen LogP contribution >= 0.6 is 0 Å². The average Bonchev–Trinajstić information content (AvgIpc) is 2.26. The Morgan fingerprint density at radius 2 is 2.07 bits per heavy atom. The van der Waals surface area contributed by atoms with Crippen LogP contribution in [-0.2, 0) is 14.8 Å². The van der Waals surface area contributed by atoms with E-state index in [9.17, 15) is 8.42 Å². The quantitative estimate of drug-likeness (QED) is 0.689. The van der Waals surface area contributed by atoms with E-state index in [1.165, 1.54) is 10.6 Å². The smallest absolute Gasteiger partial charge is 0.211 e. The molecule has 1 aliphatic heterocycles. The van der Waals surface area contributed by atoms with Crippen LogP contribution in [0.2, 0.25) is 0 Å². The molecule has 4 nitrogen and oxygen atoms in total. The number of rotatable bonds is 2. The molecule has 0 N–H and O–H groups in total. The van der Waals surface area contributed by atoms with Gasteiger partial charge in [-0.2, -0.15) is 4.31 Å². The highest BCUT2D eigenvalue weighted by Gasteiger charge is 2.26. The van der Waals surface area contributed by atoms with Gasteiger partial charge in [0.15, 0.2) is 0 Å². The Hall–Kier alpha value is -0.130. The van der Waals surface area contributed by atoms with Gasteiger partial charge in [0.2, 0.25) is 10.0 Å².